The number of hydrogen-bond donors (Lipinski definition) is 0. The number of aryl methyl sites for hydroxylation is 1. The Morgan fingerprint density at radius 2 is 1.84 bits per heavy atom. The molecule has 0 unspecified atom stereocenters. The largest absolute Gasteiger partial charge is 0.366 e. The van der Waals surface area contributed by atoms with Gasteiger partial charge in [-0.25, -0.2) is 0 Å². The second-order valence-electron chi connectivity index (χ2n) is 4.63. The molecule has 0 amide bonds. The first-order valence-electron chi connectivity index (χ1n) is 6.54. The van der Waals surface area contributed by atoms with Crippen LogP contribution in [-0.4, -0.2) is 6.54 Å². The van der Waals surface area contributed by atoms with Gasteiger partial charge in [-0.05, 0) is 37.1 Å². The molecule has 2 aromatic carbocycles. The highest BCUT2D eigenvalue weighted by Crippen LogP contribution is 2.23. The van der Waals surface area contributed by atoms with Gasteiger partial charge in [-0.2, -0.15) is 5.26 Å². The van der Waals surface area contributed by atoms with Crippen molar-refractivity contribution in [3.05, 3.63) is 65.2 Å². The van der Waals surface area contributed by atoms with Crippen molar-refractivity contribution in [3.8, 4) is 6.07 Å². The lowest BCUT2D eigenvalue weighted by Crippen LogP contribution is -2.22. The zero-order chi connectivity index (χ0) is 13.7. The molecule has 2 heteroatoms. The number of nitriles is 1. The van der Waals surface area contributed by atoms with Gasteiger partial charge >= 0.3 is 0 Å². The maximum absolute atomic E-state index is 9.28. The van der Waals surface area contributed by atoms with Gasteiger partial charge in [0.25, 0.3) is 0 Å². The Morgan fingerprint density at radius 1 is 1.11 bits per heavy atom. The first-order valence-corrected chi connectivity index (χ1v) is 6.54. The van der Waals surface area contributed by atoms with E-state index in [-0.39, 0.29) is 0 Å². The Kier molecular flexibility index (Phi) is 4.20. The summed E-state index contributed by atoms with van der Waals surface area (Å²) in [6.45, 7) is 5.84. The molecule has 0 aliphatic heterocycles. The van der Waals surface area contributed by atoms with Crippen LogP contribution in [0.2, 0.25) is 0 Å². The zero-order valence-corrected chi connectivity index (χ0v) is 11.4. The van der Waals surface area contributed by atoms with Crippen molar-refractivity contribution in [1.29, 1.82) is 5.26 Å². The fourth-order valence-corrected chi connectivity index (χ4v) is 2.19. The normalized spacial score (nSPS) is 9.95. The van der Waals surface area contributed by atoms with Crippen molar-refractivity contribution in [2.75, 3.05) is 11.4 Å². The smallest absolute Gasteiger partial charge is 0.101 e. The van der Waals surface area contributed by atoms with Gasteiger partial charge in [0.05, 0.1) is 11.3 Å². The van der Waals surface area contributed by atoms with Gasteiger partial charge in [0.15, 0.2) is 0 Å². The molecule has 2 aromatic rings. The van der Waals surface area contributed by atoms with Crippen molar-refractivity contribution in [2.24, 2.45) is 0 Å². The molecule has 0 saturated heterocycles. The van der Waals surface area contributed by atoms with Crippen molar-refractivity contribution >= 4 is 5.69 Å². The van der Waals surface area contributed by atoms with Gasteiger partial charge in [-0.3, -0.25) is 0 Å². The summed E-state index contributed by atoms with van der Waals surface area (Å²) in [4.78, 5) is 2.23. The fraction of sp³-hybridized carbons (Fsp3) is 0.235. The molecule has 0 aromatic heterocycles. The van der Waals surface area contributed by atoms with Gasteiger partial charge in [-0.15, -0.1) is 0 Å². The van der Waals surface area contributed by atoms with Crippen LogP contribution < -0.4 is 4.90 Å². The molecule has 0 heterocycles. The van der Waals surface area contributed by atoms with E-state index in [2.05, 4.69) is 36.1 Å². The van der Waals surface area contributed by atoms with E-state index < -0.39 is 0 Å². The molecule has 0 atom stereocenters. The van der Waals surface area contributed by atoms with E-state index in [1.54, 1.807) is 0 Å². The lowest BCUT2D eigenvalue weighted by atomic mass is 10.1. The van der Waals surface area contributed by atoms with Gasteiger partial charge < -0.3 is 4.90 Å². The second kappa shape index (κ2) is 6.06. The number of rotatable bonds is 4. The summed E-state index contributed by atoms with van der Waals surface area (Å²) < 4.78 is 0. The topological polar surface area (TPSA) is 27.0 Å². The van der Waals surface area contributed by atoms with Crippen LogP contribution in [0.1, 0.15) is 23.6 Å². The minimum atomic E-state index is 0.748. The predicted molar refractivity (Wildman–Crippen MR) is 79.1 cm³/mol. The van der Waals surface area contributed by atoms with Gasteiger partial charge in [0, 0.05) is 13.1 Å². The molecule has 0 fully saturated rings. The minimum Gasteiger partial charge on any atom is -0.366 e. The third-order valence-corrected chi connectivity index (χ3v) is 3.21. The first-order chi connectivity index (χ1) is 9.24. The Balaban J connectivity index is 2.30. The standard InChI is InChI=1S/C17H18N2/c1-3-19(13-15-7-5-4-6-8-15)17-10-9-14(2)11-16(17)12-18/h4-11H,3,13H2,1-2H3. The average Bonchev–Trinajstić information content (AvgIpc) is 2.46. The highest BCUT2D eigenvalue weighted by molar-refractivity contribution is 5.60. The molecule has 19 heavy (non-hydrogen) atoms. The van der Waals surface area contributed by atoms with Gasteiger partial charge in [0.2, 0.25) is 0 Å². The summed E-state index contributed by atoms with van der Waals surface area (Å²) in [7, 11) is 0. The molecule has 0 spiro atoms. The first kappa shape index (κ1) is 13.2. The molecule has 0 radical (unpaired) electrons. The van der Waals surface area contributed by atoms with Crippen LogP contribution in [0.25, 0.3) is 0 Å². The molecular formula is C17H18N2. The van der Waals surface area contributed by atoms with E-state index in [0.29, 0.717) is 0 Å². The molecule has 0 aliphatic carbocycles. The van der Waals surface area contributed by atoms with Crippen LogP contribution in [0, 0.1) is 18.3 Å². The molecule has 2 nitrogen and oxygen atoms in total. The van der Waals surface area contributed by atoms with Crippen molar-refractivity contribution < 1.29 is 0 Å². The Morgan fingerprint density at radius 3 is 2.47 bits per heavy atom. The van der Waals surface area contributed by atoms with Crippen LogP contribution >= 0.6 is 0 Å². The Hall–Kier alpha value is -2.27. The average molecular weight is 250 g/mol. The van der Waals surface area contributed by atoms with Crippen LogP contribution in [0.3, 0.4) is 0 Å². The maximum atomic E-state index is 9.28. The molecule has 0 bridgehead atoms. The third kappa shape index (κ3) is 3.14. The predicted octanol–water partition coefficient (Wildman–Crippen LogP) is 3.89. The van der Waals surface area contributed by atoms with Crippen molar-refractivity contribution in [1.82, 2.24) is 0 Å². The van der Waals surface area contributed by atoms with Crippen LogP contribution in [0.4, 0.5) is 5.69 Å². The van der Waals surface area contributed by atoms with E-state index in [4.69, 9.17) is 0 Å². The summed E-state index contributed by atoms with van der Waals surface area (Å²) in [5.74, 6) is 0. The monoisotopic (exact) mass is 250 g/mol. The Labute approximate surface area is 114 Å². The highest BCUT2D eigenvalue weighted by Gasteiger charge is 2.10. The number of nitrogens with zero attached hydrogens (tertiary/aromatic N) is 2. The minimum absolute atomic E-state index is 0.748. The third-order valence-electron chi connectivity index (χ3n) is 3.21. The summed E-state index contributed by atoms with van der Waals surface area (Å²) in [6, 6.07) is 18.7. The molecule has 0 aliphatic rings. The molecule has 2 rings (SSSR count). The van der Waals surface area contributed by atoms with Gasteiger partial charge in [0.1, 0.15) is 6.07 Å². The summed E-state index contributed by atoms with van der Waals surface area (Å²) in [5.41, 5.74) is 4.14. The zero-order valence-electron chi connectivity index (χ0n) is 11.4. The number of anilines is 1. The fourth-order valence-electron chi connectivity index (χ4n) is 2.19. The van der Waals surface area contributed by atoms with Crippen LogP contribution in [0.15, 0.2) is 48.5 Å². The van der Waals surface area contributed by atoms with E-state index in [1.165, 1.54) is 5.56 Å². The Bertz CT molecular complexity index is 582. The van der Waals surface area contributed by atoms with Crippen LogP contribution in [0.5, 0.6) is 0 Å². The summed E-state index contributed by atoms with van der Waals surface area (Å²) >= 11 is 0. The van der Waals surface area contributed by atoms with E-state index in [1.807, 2.05) is 37.3 Å². The van der Waals surface area contributed by atoms with E-state index >= 15 is 0 Å². The molecule has 0 saturated carbocycles. The lowest BCUT2D eigenvalue weighted by molar-refractivity contribution is 0.830. The van der Waals surface area contributed by atoms with E-state index in [0.717, 1.165) is 29.9 Å². The maximum Gasteiger partial charge on any atom is 0.101 e. The number of benzene rings is 2. The van der Waals surface area contributed by atoms with Crippen LogP contribution in [-0.2, 0) is 6.54 Å². The SMILES string of the molecule is CCN(Cc1ccccc1)c1ccc(C)cc1C#N. The number of hydrogen-bond acceptors (Lipinski definition) is 2. The molecule has 96 valence electrons. The lowest BCUT2D eigenvalue weighted by Gasteiger charge is -2.24. The summed E-state index contributed by atoms with van der Waals surface area (Å²) in [6.07, 6.45) is 0. The second-order valence-corrected chi connectivity index (χ2v) is 4.63. The molecule has 0 N–H and O–H groups in total. The molecular weight excluding hydrogens is 232 g/mol. The van der Waals surface area contributed by atoms with Crippen molar-refractivity contribution in [2.45, 2.75) is 20.4 Å². The highest BCUT2D eigenvalue weighted by atomic mass is 15.1. The van der Waals surface area contributed by atoms with Gasteiger partial charge in [-0.1, -0.05) is 36.4 Å². The van der Waals surface area contributed by atoms with E-state index in [9.17, 15) is 5.26 Å². The quantitative estimate of drug-likeness (QED) is 0.823. The van der Waals surface area contributed by atoms with Crippen molar-refractivity contribution in [3.63, 3.8) is 0 Å². The summed E-state index contributed by atoms with van der Waals surface area (Å²) in [5, 5.41) is 9.28.